The Morgan fingerprint density at radius 1 is 1.10 bits per heavy atom. The van der Waals surface area contributed by atoms with Crippen LogP contribution in [-0.2, 0) is 30.7 Å². The highest BCUT2D eigenvalue weighted by Crippen LogP contribution is 2.35. The Morgan fingerprint density at radius 2 is 1.85 bits per heavy atom. The van der Waals surface area contributed by atoms with Crippen LogP contribution in [0.4, 0.5) is 4.79 Å². The van der Waals surface area contributed by atoms with E-state index in [0.29, 0.717) is 29.6 Å². The number of hydrogen-bond acceptors (Lipinski definition) is 10. The van der Waals surface area contributed by atoms with Crippen LogP contribution in [-0.4, -0.2) is 85.7 Å². The smallest absolute Gasteiger partial charge is 0.434 e. The van der Waals surface area contributed by atoms with Gasteiger partial charge in [-0.3, -0.25) is 5.21 Å². The third kappa shape index (κ3) is 6.70. The van der Waals surface area contributed by atoms with Crippen molar-refractivity contribution in [2.45, 2.75) is 56.4 Å². The molecule has 0 aromatic heterocycles. The normalized spacial score (nSPS) is 22.2. The predicted molar refractivity (Wildman–Crippen MR) is 144 cm³/mol. The second kappa shape index (κ2) is 12.4. The molecular formula is C28H36N2O10S. The molecule has 0 bridgehead atoms. The molecule has 0 aliphatic carbocycles. The molecule has 4 atom stereocenters. The summed E-state index contributed by atoms with van der Waals surface area (Å²) in [4.78, 5) is 13.1. The highest BCUT2D eigenvalue weighted by atomic mass is 32.2. The van der Waals surface area contributed by atoms with Gasteiger partial charge in [0.25, 0.3) is 0 Å². The second-order valence-electron chi connectivity index (χ2n) is 10.9. The summed E-state index contributed by atoms with van der Waals surface area (Å²) in [5.74, 6) is 0.824. The van der Waals surface area contributed by atoms with E-state index in [1.165, 1.54) is 28.6 Å². The fraction of sp³-hybridized carbons (Fsp3) is 0.536. The van der Waals surface area contributed by atoms with Crippen molar-refractivity contribution in [2.24, 2.45) is 11.8 Å². The molecule has 3 heterocycles. The lowest BCUT2D eigenvalue weighted by Crippen LogP contribution is -2.44. The minimum atomic E-state index is -3.95. The molecule has 12 nitrogen and oxygen atoms in total. The summed E-state index contributed by atoms with van der Waals surface area (Å²) in [7, 11) is -3.95. The minimum absolute atomic E-state index is 0.00784. The van der Waals surface area contributed by atoms with Gasteiger partial charge < -0.3 is 28.8 Å². The average molecular weight is 593 g/mol. The zero-order valence-electron chi connectivity index (χ0n) is 23.0. The molecule has 5 rings (SSSR count). The number of nitrogens with zero attached hydrogens (tertiary/aromatic N) is 2. The van der Waals surface area contributed by atoms with Gasteiger partial charge in [0.15, 0.2) is 17.8 Å². The molecule has 224 valence electrons. The van der Waals surface area contributed by atoms with Crippen LogP contribution in [0.2, 0.25) is 0 Å². The first-order valence-electron chi connectivity index (χ1n) is 13.7. The van der Waals surface area contributed by atoms with Gasteiger partial charge in [-0.15, -0.1) is 0 Å². The maximum absolute atomic E-state index is 13.7. The number of hydrogen-bond donors (Lipinski definition) is 2. The summed E-state index contributed by atoms with van der Waals surface area (Å²) in [6, 6.07) is 10.0. The van der Waals surface area contributed by atoms with E-state index in [1.54, 1.807) is 18.2 Å². The lowest BCUT2D eigenvalue weighted by Gasteiger charge is -2.30. The lowest BCUT2D eigenvalue weighted by molar-refractivity contribution is -0.116. The van der Waals surface area contributed by atoms with E-state index in [4.69, 9.17) is 23.7 Å². The summed E-state index contributed by atoms with van der Waals surface area (Å²) >= 11 is 0. The summed E-state index contributed by atoms with van der Waals surface area (Å²) < 4.78 is 56.1. The number of phenols is 1. The zero-order valence-corrected chi connectivity index (χ0v) is 23.9. The number of carbonyl (C=O) groups is 1. The first kappa shape index (κ1) is 29.4. The number of amides is 1. The van der Waals surface area contributed by atoms with Gasteiger partial charge in [0.05, 0.1) is 30.1 Å². The summed E-state index contributed by atoms with van der Waals surface area (Å²) in [5, 5.41) is 21.3. The highest BCUT2D eigenvalue weighted by molar-refractivity contribution is 7.89. The fourth-order valence-corrected chi connectivity index (χ4v) is 6.93. The first-order chi connectivity index (χ1) is 19.6. The summed E-state index contributed by atoms with van der Waals surface area (Å²) in [6.45, 7) is 4.78. The van der Waals surface area contributed by atoms with Crippen LogP contribution in [0.1, 0.15) is 32.3 Å². The van der Waals surface area contributed by atoms with Gasteiger partial charge in [0, 0.05) is 19.2 Å². The molecule has 41 heavy (non-hydrogen) atoms. The SMILES string of the molecule is CC(C)CN(CCC(Cc1ccc(O)cc1)N(O)C(=O)OC1COC2OCCC12)S(=O)(=O)c1ccc2c(c1)OCO2. The molecule has 0 saturated carbocycles. The van der Waals surface area contributed by atoms with Gasteiger partial charge in [0.1, 0.15) is 11.9 Å². The van der Waals surface area contributed by atoms with Gasteiger partial charge >= 0.3 is 6.09 Å². The van der Waals surface area contributed by atoms with E-state index in [1.807, 2.05) is 13.8 Å². The van der Waals surface area contributed by atoms with E-state index in [0.717, 1.165) is 5.56 Å². The van der Waals surface area contributed by atoms with E-state index < -0.39 is 34.6 Å². The molecule has 4 unspecified atom stereocenters. The molecule has 2 fully saturated rings. The lowest BCUT2D eigenvalue weighted by atomic mass is 10.0. The molecule has 2 saturated heterocycles. The molecule has 3 aliphatic rings. The molecule has 0 radical (unpaired) electrons. The Hall–Kier alpha value is -3.10. The second-order valence-corrected chi connectivity index (χ2v) is 12.8. The number of hydroxylamine groups is 2. The van der Waals surface area contributed by atoms with Crippen molar-refractivity contribution in [2.75, 3.05) is 33.1 Å². The Labute approximate surface area is 239 Å². The van der Waals surface area contributed by atoms with Gasteiger partial charge in [0.2, 0.25) is 16.8 Å². The molecule has 13 heteroatoms. The van der Waals surface area contributed by atoms with Crippen LogP contribution in [0.15, 0.2) is 47.4 Å². The molecule has 2 aromatic carbocycles. The van der Waals surface area contributed by atoms with Crippen LogP contribution in [0.25, 0.3) is 0 Å². The molecule has 1 amide bonds. The van der Waals surface area contributed by atoms with E-state index in [-0.39, 0.29) is 61.8 Å². The third-order valence-electron chi connectivity index (χ3n) is 7.44. The molecule has 2 aromatic rings. The van der Waals surface area contributed by atoms with Crippen molar-refractivity contribution in [3.63, 3.8) is 0 Å². The van der Waals surface area contributed by atoms with Crippen LogP contribution in [0.5, 0.6) is 17.2 Å². The van der Waals surface area contributed by atoms with Gasteiger partial charge in [-0.1, -0.05) is 26.0 Å². The maximum Gasteiger partial charge on any atom is 0.434 e. The Bertz CT molecular complexity index is 1320. The van der Waals surface area contributed by atoms with E-state index >= 15 is 0 Å². The monoisotopic (exact) mass is 592 g/mol. The Morgan fingerprint density at radius 3 is 2.61 bits per heavy atom. The average Bonchev–Trinajstić information content (AvgIpc) is 3.69. The third-order valence-corrected chi connectivity index (χ3v) is 9.30. The number of phenolic OH excluding ortho intramolecular Hbond substituents is 1. The number of aromatic hydroxyl groups is 1. The van der Waals surface area contributed by atoms with Crippen molar-refractivity contribution < 1.29 is 47.2 Å². The number of fused-ring (bicyclic) bond motifs is 2. The summed E-state index contributed by atoms with van der Waals surface area (Å²) in [5.41, 5.74) is 0.738. The van der Waals surface area contributed by atoms with Crippen molar-refractivity contribution in [3.8, 4) is 17.2 Å². The maximum atomic E-state index is 13.7. The number of carbonyl (C=O) groups excluding carboxylic acids is 1. The first-order valence-corrected chi connectivity index (χ1v) is 15.2. The number of sulfonamides is 1. The van der Waals surface area contributed by atoms with Crippen LogP contribution >= 0.6 is 0 Å². The minimum Gasteiger partial charge on any atom is -0.508 e. The molecule has 0 spiro atoms. The fourth-order valence-electron chi connectivity index (χ4n) is 5.29. The quantitative estimate of drug-likeness (QED) is 0.294. The van der Waals surface area contributed by atoms with Crippen LogP contribution in [0, 0.1) is 11.8 Å². The van der Waals surface area contributed by atoms with Crippen molar-refractivity contribution in [1.82, 2.24) is 9.37 Å². The van der Waals surface area contributed by atoms with Gasteiger partial charge in [-0.25, -0.2) is 13.2 Å². The molecule has 3 aliphatic heterocycles. The van der Waals surface area contributed by atoms with Crippen LogP contribution in [0.3, 0.4) is 0 Å². The van der Waals surface area contributed by atoms with Crippen LogP contribution < -0.4 is 9.47 Å². The predicted octanol–water partition coefficient (Wildman–Crippen LogP) is 3.36. The standard InChI is InChI=1S/C28H36N2O10S/c1-18(2)15-29(41(34,35)22-7-8-24-25(14-22)39-17-38-24)11-9-20(13-19-3-5-21(31)6-4-19)30(33)28(32)40-26-16-37-27-23(26)10-12-36-27/h3-8,14,18,20,23,26-27,31,33H,9-13,15-17H2,1-2H3. The summed E-state index contributed by atoms with van der Waals surface area (Å²) in [6.07, 6.45) is -0.918. The van der Waals surface area contributed by atoms with Crippen molar-refractivity contribution in [1.29, 1.82) is 0 Å². The zero-order chi connectivity index (χ0) is 29.1. The van der Waals surface area contributed by atoms with Crippen molar-refractivity contribution in [3.05, 3.63) is 48.0 Å². The molecular weight excluding hydrogens is 556 g/mol. The Kier molecular flexibility index (Phi) is 8.90. The highest BCUT2D eigenvalue weighted by Gasteiger charge is 2.44. The van der Waals surface area contributed by atoms with E-state index in [9.17, 15) is 23.5 Å². The van der Waals surface area contributed by atoms with Gasteiger partial charge in [-0.05, 0) is 55.0 Å². The van der Waals surface area contributed by atoms with E-state index in [2.05, 4.69) is 0 Å². The number of rotatable bonds is 11. The number of ether oxygens (including phenoxy) is 5. The van der Waals surface area contributed by atoms with Crippen molar-refractivity contribution >= 4 is 16.1 Å². The van der Waals surface area contributed by atoms with Gasteiger partial charge in [-0.2, -0.15) is 9.37 Å². The molecule has 2 N–H and O–H groups in total. The largest absolute Gasteiger partial charge is 0.508 e. The Balaban J connectivity index is 1.33. The topological polar surface area (TPSA) is 144 Å². The number of benzene rings is 2.